The Morgan fingerprint density at radius 1 is 0.483 bits per heavy atom. The fourth-order valence-electron chi connectivity index (χ4n) is 11.2. The smallest absolute Gasteiger partial charge is 0.160 e. The van der Waals surface area contributed by atoms with Crippen LogP contribution >= 0.6 is 28.6 Å². The molecule has 15 rings (SSSR count). The van der Waals surface area contributed by atoms with E-state index in [1.54, 1.807) is 72.6 Å². The van der Waals surface area contributed by atoms with Gasteiger partial charge in [0.15, 0.2) is 16.9 Å². The van der Waals surface area contributed by atoms with E-state index < -0.39 is 11.6 Å². The van der Waals surface area contributed by atoms with Crippen molar-refractivity contribution < 1.29 is 27.8 Å². The van der Waals surface area contributed by atoms with Crippen molar-refractivity contribution in [3.63, 3.8) is 0 Å². The standard InChI is InChI=1S/C22H20FN5O.C21H18FN5O.C12H8ClFN4.C10H13NO.CH4.BrH/c1-13-10-25-28-21(9-20(27-22(13)28)16-5-17(23)12-24-11-16)26-18-6-14-3-4-19(29-2)8-15(14)7-18;1-12-9-24-27-20(25-17-5-13-2-3-18(28)7-14(13)6-17)8-19(26-21(12)27)15-4-16(22)11-23-10-15;1-7-4-16-18-11(13)3-10(17-12(7)18)8-2-9(14)6-15-5-8;1-12-10-3-2-7-4-9(11)5-8(7)6-10;;/h3-5,8-12,18,26H,6-7H2,1-2H3;2-4,7-11,17,25,28H,5-6H2,1H3;2-6H,1H3;2-3,6,9H,4-5,11H2,1H3;1H4;1H/t18-;17-;;9-;;/m11.1../s1. The number of halogens is 5. The molecule has 3 aromatic carbocycles. The second-order valence-corrected chi connectivity index (χ2v) is 22.2. The van der Waals surface area contributed by atoms with Crippen LogP contribution in [0.4, 0.5) is 24.8 Å². The lowest BCUT2D eigenvalue weighted by Crippen LogP contribution is -2.21. The number of nitrogens with zero attached hydrogens (tertiary/aromatic N) is 12. The monoisotopic (exact) mass is 1290 g/mol. The highest BCUT2D eigenvalue weighted by Crippen LogP contribution is 2.33. The molecule has 89 heavy (non-hydrogen) atoms. The summed E-state index contributed by atoms with van der Waals surface area (Å²) in [5, 5.41) is 30.3. The van der Waals surface area contributed by atoms with E-state index in [1.807, 2.05) is 57.2 Å². The third-order valence-electron chi connectivity index (χ3n) is 15.5. The van der Waals surface area contributed by atoms with Gasteiger partial charge < -0.3 is 30.9 Å². The lowest BCUT2D eigenvalue weighted by atomic mass is 10.1. The minimum absolute atomic E-state index is 0. The number of hydrogen-bond donors (Lipinski definition) is 4. The van der Waals surface area contributed by atoms with Crippen LogP contribution < -0.4 is 25.8 Å². The number of ether oxygens (including phenoxy) is 2. The summed E-state index contributed by atoms with van der Waals surface area (Å²) in [6.45, 7) is 5.80. The molecule has 5 N–H and O–H groups in total. The lowest BCUT2D eigenvalue weighted by molar-refractivity contribution is 0.414. The summed E-state index contributed by atoms with van der Waals surface area (Å²) in [5.74, 6) is 2.52. The first kappa shape index (κ1) is 62.5. The topological polar surface area (TPSA) is 218 Å². The number of anilines is 2. The molecule has 0 saturated heterocycles. The number of methoxy groups -OCH3 is 2. The molecule has 3 aliphatic rings. The van der Waals surface area contributed by atoms with Crippen LogP contribution in [0.1, 0.15) is 57.5 Å². The molecule has 3 atom stereocenters. The zero-order valence-electron chi connectivity index (χ0n) is 48.5. The fourth-order valence-corrected chi connectivity index (χ4v) is 11.4. The van der Waals surface area contributed by atoms with Crippen LogP contribution in [0, 0.1) is 38.2 Å². The van der Waals surface area contributed by atoms with E-state index in [-0.39, 0.29) is 48.1 Å². The number of aromatic hydroxyl groups is 1. The first-order valence-electron chi connectivity index (χ1n) is 28.1. The summed E-state index contributed by atoms with van der Waals surface area (Å²) in [4.78, 5) is 25.4. The molecule has 456 valence electrons. The van der Waals surface area contributed by atoms with Gasteiger partial charge in [0.1, 0.15) is 51.5 Å². The Bertz CT molecular complexity index is 4540. The summed E-state index contributed by atoms with van der Waals surface area (Å²) < 4.78 is 56.1. The normalized spacial score (nSPS) is 15.0. The van der Waals surface area contributed by atoms with Gasteiger partial charge in [-0.05, 0) is 147 Å². The van der Waals surface area contributed by atoms with E-state index in [4.69, 9.17) is 26.8 Å². The van der Waals surface area contributed by atoms with Crippen molar-refractivity contribution in [2.24, 2.45) is 5.73 Å². The van der Waals surface area contributed by atoms with E-state index in [9.17, 15) is 18.3 Å². The van der Waals surface area contributed by atoms with Crippen molar-refractivity contribution in [2.75, 3.05) is 24.9 Å². The molecule has 0 aliphatic heterocycles. The number of nitrogens with two attached hydrogens (primary N) is 1. The van der Waals surface area contributed by atoms with Crippen LogP contribution in [0.3, 0.4) is 0 Å². The van der Waals surface area contributed by atoms with Gasteiger partial charge in [-0.15, -0.1) is 17.0 Å². The highest BCUT2D eigenvalue weighted by atomic mass is 79.9. The second kappa shape index (κ2) is 26.8. The molecular weight excluding hydrogens is 1220 g/mol. The maximum atomic E-state index is 13.7. The van der Waals surface area contributed by atoms with Crippen LogP contribution in [-0.2, 0) is 38.5 Å². The molecule has 9 aromatic heterocycles. The number of fused-ring (bicyclic) bond motifs is 6. The number of aryl methyl sites for hydroxylation is 3. The van der Waals surface area contributed by atoms with Crippen LogP contribution in [-0.4, -0.2) is 96.2 Å². The van der Waals surface area contributed by atoms with E-state index in [0.29, 0.717) is 50.6 Å². The number of phenolic OH excluding ortho intramolecular Hbond substituents is 1. The fraction of sp³-hybridized carbons (Fsp3) is 0.227. The van der Waals surface area contributed by atoms with Gasteiger partial charge in [-0.3, -0.25) is 15.0 Å². The van der Waals surface area contributed by atoms with Gasteiger partial charge in [-0.1, -0.05) is 37.2 Å². The minimum Gasteiger partial charge on any atom is -0.508 e. The van der Waals surface area contributed by atoms with Gasteiger partial charge in [0.05, 0.1) is 68.5 Å². The van der Waals surface area contributed by atoms with Crippen LogP contribution in [0.5, 0.6) is 17.2 Å². The molecule has 9 heterocycles. The average Bonchev–Trinajstić information content (AvgIpc) is 4.14. The third-order valence-corrected chi connectivity index (χ3v) is 15.7. The van der Waals surface area contributed by atoms with Gasteiger partial charge in [0.2, 0.25) is 0 Å². The van der Waals surface area contributed by atoms with Crippen molar-refractivity contribution >= 4 is 57.2 Å². The number of rotatable bonds is 9. The molecule has 0 fully saturated rings. The zero-order valence-corrected chi connectivity index (χ0v) is 50.9. The van der Waals surface area contributed by atoms with Gasteiger partial charge in [-0.2, -0.15) is 24.3 Å². The number of phenols is 1. The van der Waals surface area contributed by atoms with Crippen molar-refractivity contribution in [2.45, 2.75) is 84.8 Å². The third kappa shape index (κ3) is 13.8. The number of aromatic nitrogens is 12. The van der Waals surface area contributed by atoms with Crippen LogP contribution in [0.2, 0.25) is 5.15 Å². The molecule has 0 spiro atoms. The summed E-state index contributed by atoms with van der Waals surface area (Å²) in [6.07, 6.45) is 19.0. The van der Waals surface area contributed by atoms with E-state index in [0.717, 1.165) is 101 Å². The van der Waals surface area contributed by atoms with Crippen molar-refractivity contribution in [3.05, 3.63) is 219 Å². The van der Waals surface area contributed by atoms with Crippen molar-refractivity contribution in [1.29, 1.82) is 0 Å². The summed E-state index contributed by atoms with van der Waals surface area (Å²) in [7, 11) is 3.37. The Morgan fingerprint density at radius 2 is 0.854 bits per heavy atom. The predicted octanol–water partition coefficient (Wildman–Crippen LogP) is 12.6. The Morgan fingerprint density at radius 3 is 1.30 bits per heavy atom. The van der Waals surface area contributed by atoms with E-state index >= 15 is 0 Å². The van der Waals surface area contributed by atoms with E-state index in [1.165, 1.54) is 62.9 Å². The molecule has 3 aliphatic carbocycles. The zero-order chi connectivity index (χ0) is 60.5. The Kier molecular flexibility index (Phi) is 18.9. The summed E-state index contributed by atoms with van der Waals surface area (Å²) >= 11 is 6.11. The molecule has 0 saturated carbocycles. The Balaban J connectivity index is 0.000000136. The van der Waals surface area contributed by atoms with Gasteiger partial charge in [0, 0.05) is 88.3 Å². The number of pyridine rings is 3. The maximum Gasteiger partial charge on any atom is 0.160 e. The highest BCUT2D eigenvalue weighted by molar-refractivity contribution is 8.93. The number of nitrogens with one attached hydrogen (secondary N) is 2. The quantitative estimate of drug-likeness (QED) is 0.0988. The molecular formula is C66H64BrClF3N15O3. The molecule has 23 heteroatoms. The van der Waals surface area contributed by atoms with Crippen LogP contribution in [0.25, 0.3) is 50.7 Å². The molecule has 0 unspecified atom stereocenters. The number of benzene rings is 3. The van der Waals surface area contributed by atoms with Gasteiger partial charge in [-0.25, -0.2) is 32.6 Å². The molecule has 0 amide bonds. The van der Waals surface area contributed by atoms with E-state index in [2.05, 4.69) is 80.1 Å². The molecule has 18 nitrogen and oxygen atoms in total. The Labute approximate surface area is 526 Å². The van der Waals surface area contributed by atoms with Crippen molar-refractivity contribution in [3.8, 4) is 51.0 Å². The average molecular weight is 1290 g/mol. The second-order valence-electron chi connectivity index (χ2n) is 21.8. The lowest BCUT2D eigenvalue weighted by Gasteiger charge is -2.16. The summed E-state index contributed by atoms with van der Waals surface area (Å²) in [6, 6.07) is 28.3. The molecule has 12 aromatic rings. The SMILES string of the molecule is Br.C.COc1ccc2c(c1)C[C@H](N)C2.COc1ccc2c(c1)C[C@H](Nc1cc(-c3cncc(F)c3)nc3c(C)cnn13)C2.Cc1cnn2c(Cl)cc(-c3cncc(F)c3)nc12.Cc1cnn2c(N[C@@H]3Cc4ccc(O)cc4C3)cc(-c3cncc(F)c3)nc12. The molecule has 0 radical (unpaired) electrons. The van der Waals surface area contributed by atoms with Crippen LogP contribution in [0.15, 0.2) is 147 Å². The maximum absolute atomic E-state index is 13.7. The minimum atomic E-state index is -0.407. The van der Waals surface area contributed by atoms with Crippen molar-refractivity contribution in [1.82, 2.24) is 58.7 Å². The number of hydrogen-bond acceptors (Lipinski definition) is 15. The largest absolute Gasteiger partial charge is 0.508 e. The first-order chi connectivity index (χ1) is 42.1. The molecule has 0 bridgehead atoms. The van der Waals surface area contributed by atoms with Gasteiger partial charge in [0.25, 0.3) is 0 Å². The summed E-state index contributed by atoms with van der Waals surface area (Å²) in [5.41, 5.74) is 22.2. The van der Waals surface area contributed by atoms with Gasteiger partial charge >= 0.3 is 0 Å². The first-order valence-corrected chi connectivity index (χ1v) is 28.4. The predicted molar refractivity (Wildman–Crippen MR) is 344 cm³/mol. The highest BCUT2D eigenvalue weighted by Gasteiger charge is 2.26. The Hall–Kier alpha value is -9.51.